The molecule has 1 aliphatic rings. The van der Waals surface area contributed by atoms with E-state index in [-0.39, 0.29) is 28.9 Å². The maximum Gasteiger partial charge on any atom is 0.230 e. The van der Waals surface area contributed by atoms with Crippen LogP contribution in [-0.4, -0.2) is 37.6 Å². The first kappa shape index (κ1) is 20.3. The standard InChI is InChI=1S/C19H29NO3S2/c1-13-8-15(19(3,4)5)9-14(2)17(13)10-24-11-18(21)20-16-6-7-25(22,23)12-16/h8-9,16H,6-7,10-12H2,1-5H3,(H,20,21)/t16-/m0/s1. The second-order valence-corrected chi connectivity index (χ2v) is 11.2. The van der Waals surface area contributed by atoms with Gasteiger partial charge in [-0.15, -0.1) is 11.8 Å². The van der Waals surface area contributed by atoms with Crippen molar-refractivity contribution < 1.29 is 13.2 Å². The molecule has 1 atom stereocenters. The average Bonchev–Trinajstić information content (AvgIpc) is 2.79. The van der Waals surface area contributed by atoms with Crippen molar-refractivity contribution in [1.29, 1.82) is 0 Å². The number of thioether (sulfide) groups is 1. The third kappa shape index (κ3) is 5.74. The fourth-order valence-electron chi connectivity index (χ4n) is 3.08. The molecule has 1 N–H and O–H groups in total. The maximum absolute atomic E-state index is 12.0. The van der Waals surface area contributed by atoms with Gasteiger partial charge in [-0.05, 0) is 47.9 Å². The monoisotopic (exact) mass is 383 g/mol. The summed E-state index contributed by atoms with van der Waals surface area (Å²) >= 11 is 1.58. The molecule has 0 unspecified atom stereocenters. The number of rotatable bonds is 5. The summed E-state index contributed by atoms with van der Waals surface area (Å²) in [7, 11) is -2.95. The zero-order chi connectivity index (χ0) is 18.8. The summed E-state index contributed by atoms with van der Waals surface area (Å²) in [5.74, 6) is 1.34. The predicted octanol–water partition coefficient (Wildman–Crippen LogP) is 3.14. The van der Waals surface area contributed by atoms with Crippen LogP contribution >= 0.6 is 11.8 Å². The number of carbonyl (C=O) groups is 1. The van der Waals surface area contributed by atoms with Crippen molar-refractivity contribution >= 4 is 27.5 Å². The number of hydrogen-bond acceptors (Lipinski definition) is 4. The molecule has 1 aromatic rings. The van der Waals surface area contributed by atoms with Gasteiger partial charge in [0.15, 0.2) is 9.84 Å². The molecular formula is C19H29NO3S2. The van der Waals surface area contributed by atoms with E-state index >= 15 is 0 Å². The van der Waals surface area contributed by atoms with Crippen LogP contribution < -0.4 is 5.32 Å². The molecule has 0 bridgehead atoms. The van der Waals surface area contributed by atoms with E-state index in [0.29, 0.717) is 12.2 Å². The van der Waals surface area contributed by atoms with E-state index in [9.17, 15) is 13.2 Å². The van der Waals surface area contributed by atoms with E-state index in [0.717, 1.165) is 5.75 Å². The number of nitrogens with one attached hydrogen (secondary N) is 1. The fourth-order valence-corrected chi connectivity index (χ4v) is 5.78. The molecule has 1 fully saturated rings. The van der Waals surface area contributed by atoms with Gasteiger partial charge in [0.05, 0.1) is 17.3 Å². The van der Waals surface area contributed by atoms with E-state index < -0.39 is 9.84 Å². The minimum atomic E-state index is -2.95. The van der Waals surface area contributed by atoms with Crippen LogP contribution in [-0.2, 0) is 25.8 Å². The molecule has 0 radical (unpaired) electrons. The molecule has 0 saturated carbocycles. The Bertz CT molecular complexity index is 725. The number of carbonyl (C=O) groups excluding carboxylic acids is 1. The van der Waals surface area contributed by atoms with Crippen LogP contribution in [0.15, 0.2) is 12.1 Å². The van der Waals surface area contributed by atoms with Crippen LogP contribution in [0.2, 0.25) is 0 Å². The van der Waals surface area contributed by atoms with Crippen LogP contribution in [0.3, 0.4) is 0 Å². The molecule has 2 rings (SSSR count). The summed E-state index contributed by atoms with van der Waals surface area (Å²) in [6, 6.07) is 4.27. The lowest BCUT2D eigenvalue weighted by molar-refractivity contribution is -0.119. The Morgan fingerprint density at radius 3 is 2.32 bits per heavy atom. The van der Waals surface area contributed by atoms with Gasteiger partial charge in [-0.25, -0.2) is 8.42 Å². The van der Waals surface area contributed by atoms with Crippen LogP contribution in [0, 0.1) is 13.8 Å². The number of aryl methyl sites for hydroxylation is 2. The first-order valence-corrected chi connectivity index (χ1v) is 11.6. The van der Waals surface area contributed by atoms with Crippen LogP contribution in [0.1, 0.15) is 49.4 Å². The van der Waals surface area contributed by atoms with Gasteiger partial charge in [-0.2, -0.15) is 0 Å². The Kier molecular flexibility index (Phi) is 6.26. The summed E-state index contributed by atoms with van der Waals surface area (Å²) in [4.78, 5) is 12.0. The van der Waals surface area contributed by atoms with E-state index in [2.05, 4.69) is 52.1 Å². The number of hydrogen-bond donors (Lipinski definition) is 1. The molecule has 1 aliphatic heterocycles. The summed E-state index contributed by atoms with van der Waals surface area (Å²) in [6.07, 6.45) is 0.533. The van der Waals surface area contributed by atoms with E-state index in [4.69, 9.17) is 0 Å². The van der Waals surface area contributed by atoms with Gasteiger partial charge >= 0.3 is 0 Å². The average molecular weight is 384 g/mol. The molecule has 4 nitrogen and oxygen atoms in total. The summed E-state index contributed by atoms with van der Waals surface area (Å²) < 4.78 is 22.9. The van der Waals surface area contributed by atoms with Gasteiger partial charge in [0, 0.05) is 11.8 Å². The summed E-state index contributed by atoms with van der Waals surface area (Å²) in [6.45, 7) is 10.9. The Morgan fingerprint density at radius 1 is 1.24 bits per heavy atom. The summed E-state index contributed by atoms with van der Waals surface area (Å²) in [5.41, 5.74) is 5.27. The van der Waals surface area contributed by atoms with Crippen molar-refractivity contribution in [3.8, 4) is 0 Å². The Balaban J connectivity index is 1.88. The number of benzene rings is 1. The largest absolute Gasteiger partial charge is 0.352 e. The van der Waals surface area contributed by atoms with Gasteiger partial charge in [0.1, 0.15) is 0 Å². The van der Waals surface area contributed by atoms with Crippen molar-refractivity contribution in [2.24, 2.45) is 0 Å². The van der Waals surface area contributed by atoms with Crippen LogP contribution in [0.25, 0.3) is 0 Å². The fraction of sp³-hybridized carbons (Fsp3) is 0.632. The maximum atomic E-state index is 12.0. The highest BCUT2D eigenvalue weighted by molar-refractivity contribution is 7.99. The quantitative estimate of drug-likeness (QED) is 0.848. The van der Waals surface area contributed by atoms with Gasteiger partial charge in [0.2, 0.25) is 5.91 Å². The minimum absolute atomic E-state index is 0.0753. The second kappa shape index (κ2) is 7.70. The van der Waals surface area contributed by atoms with Gasteiger partial charge in [-0.1, -0.05) is 32.9 Å². The summed E-state index contributed by atoms with van der Waals surface area (Å²) in [5, 5.41) is 2.84. The smallest absolute Gasteiger partial charge is 0.230 e. The topological polar surface area (TPSA) is 63.2 Å². The minimum Gasteiger partial charge on any atom is -0.352 e. The van der Waals surface area contributed by atoms with Crippen molar-refractivity contribution in [2.75, 3.05) is 17.3 Å². The highest BCUT2D eigenvalue weighted by Gasteiger charge is 2.28. The zero-order valence-electron chi connectivity index (χ0n) is 15.8. The lowest BCUT2D eigenvalue weighted by Gasteiger charge is -2.22. The van der Waals surface area contributed by atoms with E-state index in [1.807, 2.05) is 0 Å². The first-order valence-electron chi connectivity index (χ1n) is 8.66. The third-order valence-electron chi connectivity index (χ3n) is 4.64. The van der Waals surface area contributed by atoms with Crippen LogP contribution in [0.5, 0.6) is 0 Å². The Labute approximate surface area is 156 Å². The van der Waals surface area contributed by atoms with Crippen molar-refractivity contribution in [1.82, 2.24) is 5.32 Å². The molecule has 140 valence electrons. The lowest BCUT2D eigenvalue weighted by atomic mass is 9.84. The van der Waals surface area contributed by atoms with E-state index in [1.165, 1.54) is 22.3 Å². The normalized spacial score (nSPS) is 19.8. The number of sulfone groups is 1. The molecule has 1 aromatic carbocycles. The van der Waals surface area contributed by atoms with Crippen molar-refractivity contribution in [2.45, 2.75) is 58.2 Å². The van der Waals surface area contributed by atoms with Gasteiger partial charge < -0.3 is 5.32 Å². The molecule has 0 spiro atoms. The Hall–Kier alpha value is -1.01. The SMILES string of the molecule is Cc1cc(C(C)(C)C)cc(C)c1CSCC(=O)N[C@H]1CCS(=O)(=O)C1. The molecule has 0 aliphatic carbocycles. The molecule has 6 heteroatoms. The highest BCUT2D eigenvalue weighted by atomic mass is 32.2. The second-order valence-electron chi connectivity index (χ2n) is 8.00. The molecular weight excluding hydrogens is 354 g/mol. The Morgan fingerprint density at radius 2 is 1.84 bits per heavy atom. The molecule has 1 amide bonds. The van der Waals surface area contributed by atoms with Gasteiger partial charge in [0.25, 0.3) is 0 Å². The molecule has 25 heavy (non-hydrogen) atoms. The van der Waals surface area contributed by atoms with Crippen molar-refractivity contribution in [3.05, 3.63) is 34.4 Å². The van der Waals surface area contributed by atoms with Crippen molar-refractivity contribution in [3.63, 3.8) is 0 Å². The highest BCUT2D eigenvalue weighted by Crippen LogP contribution is 2.28. The zero-order valence-corrected chi connectivity index (χ0v) is 17.4. The molecule has 1 saturated heterocycles. The number of amides is 1. The lowest BCUT2D eigenvalue weighted by Crippen LogP contribution is -2.36. The molecule has 1 heterocycles. The van der Waals surface area contributed by atoms with E-state index in [1.54, 1.807) is 11.8 Å². The molecule has 0 aromatic heterocycles. The predicted molar refractivity (Wildman–Crippen MR) is 106 cm³/mol. The third-order valence-corrected chi connectivity index (χ3v) is 7.37. The first-order chi connectivity index (χ1) is 11.5. The van der Waals surface area contributed by atoms with Gasteiger partial charge in [-0.3, -0.25) is 4.79 Å². The van der Waals surface area contributed by atoms with Crippen LogP contribution in [0.4, 0.5) is 0 Å².